The maximum absolute atomic E-state index is 12.9. The number of hydrogen-bond acceptors (Lipinski definition) is 3. The van der Waals surface area contributed by atoms with E-state index >= 15 is 0 Å². The number of hydrogen-bond donors (Lipinski definition) is 1. The third-order valence-corrected chi connectivity index (χ3v) is 5.53. The predicted molar refractivity (Wildman–Crippen MR) is 85.7 cm³/mol. The van der Waals surface area contributed by atoms with Gasteiger partial charge in [0, 0.05) is 24.0 Å². The molecule has 3 rings (SSSR count). The van der Waals surface area contributed by atoms with Crippen molar-refractivity contribution in [3.05, 3.63) is 21.9 Å². The molecule has 1 fully saturated rings. The Labute approximate surface area is 130 Å². The van der Waals surface area contributed by atoms with Crippen molar-refractivity contribution in [1.82, 2.24) is 4.90 Å². The SMILES string of the molecule is Cl.NCC1CCCCN1C(=O)C1CCCc2sccc21. The fourth-order valence-corrected chi connectivity index (χ4v) is 4.47. The van der Waals surface area contributed by atoms with Crippen LogP contribution in [0.1, 0.15) is 48.5 Å². The molecule has 1 aromatic rings. The van der Waals surface area contributed by atoms with Crippen LogP contribution < -0.4 is 5.73 Å². The fourth-order valence-electron chi connectivity index (χ4n) is 3.48. The van der Waals surface area contributed by atoms with E-state index in [1.54, 1.807) is 11.3 Å². The summed E-state index contributed by atoms with van der Waals surface area (Å²) in [4.78, 5) is 16.4. The van der Waals surface area contributed by atoms with Gasteiger partial charge in [-0.2, -0.15) is 0 Å². The minimum atomic E-state index is 0. The lowest BCUT2D eigenvalue weighted by atomic mass is 9.85. The quantitative estimate of drug-likeness (QED) is 0.912. The van der Waals surface area contributed by atoms with Crippen LogP contribution >= 0.6 is 23.7 Å². The number of rotatable bonds is 2. The summed E-state index contributed by atoms with van der Waals surface area (Å²) in [5, 5.41) is 2.13. The molecule has 112 valence electrons. The molecule has 0 aromatic carbocycles. The summed E-state index contributed by atoms with van der Waals surface area (Å²) in [6.07, 6.45) is 6.72. The summed E-state index contributed by atoms with van der Waals surface area (Å²) in [6.45, 7) is 1.51. The molecule has 5 heteroatoms. The number of thiophene rings is 1. The Balaban J connectivity index is 0.00000147. The van der Waals surface area contributed by atoms with Crippen LogP contribution in [0.25, 0.3) is 0 Å². The van der Waals surface area contributed by atoms with E-state index in [1.165, 1.54) is 16.9 Å². The third-order valence-electron chi connectivity index (χ3n) is 4.53. The zero-order chi connectivity index (χ0) is 13.2. The molecule has 2 N–H and O–H groups in total. The monoisotopic (exact) mass is 314 g/mol. The molecule has 0 saturated carbocycles. The van der Waals surface area contributed by atoms with Gasteiger partial charge < -0.3 is 10.6 Å². The van der Waals surface area contributed by atoms with Crippen molar-refractivity contribution in [2.75, 3.05) is 13.1 Å². The van der Waals surface area contributed by atoms with E-state index in [1.807, 2.05) is 0 Å². The maximum Gasteiger partial charge on any atom is 0.230 e. The molecule has 1 aliphatic heterocycles. The molecule has 2 aliphatic rings. The first-order valence-corrected chi connectivity index (χ1v) is 8.26. The van der Waals surface area contributed by atoms with Crippen LogP contribution in [0.2, 0.25) is 0 Å². The standard InChI is InChI=1S/C15H22N2OS.ClH/c16-10-11-4-1-2-8-17(11)15(18)13-5-3-6-14-12(13)7-9-19-14;/h7,9,11,13H,1-6,8,10,16H2;1H. The Morgan fingerprint density at radius 2 is 2.20 bits per heavy atom. The van der Waals surface area contributed by atoms with Gasteiger partial charge in [-0.3, -0.25) is 4.79 Å². The van der Waals surface area contributed by atoms with Gasteiger partial charge in [-0.05, 0) is 55.5 Å². The van der Waals surface area contributed by atoms with E-state index in [0.717, 1.165) is 38.6 Å². The molecule has 3 nitrogen and oxygen atoms in total. The Bertz CT molecular complexity index is 462. The molecular weight excluding hydrogens is 292 g/mol. The Morgan fingerprint density at radius 1 is 1.35 bits per heavy atom. The van der Waals surface area contributed by atoms with Crippen molar-refractivity contribution in [1.29, 1.82) is 0 Å². The van der Waals surface area contributed by atoms with E-state index in [-0.39, 0.29) is 24.4 Å². The average molecular weight is 315 g/mol. The summed E-state index contributed by atoms with van der Waals surface area (Å²) in [5.74, 6) is 0.427. The fraction of sp³-hybridized carbons (Fsp3) is 0.667. The van der Waals surface area contributed by atoms with Gasteiger partial charge in [-0.25, -0.2) is 0 Å². The van der Waals surface area contributed by atoms with Crippen molar-refractivity contribution in [2.24, 2.45) is 5.73 Å². The van der Waals surface area contributed by atoms with Crippen molar-refractivity contribution >= 4 is 29.7 Å². The number of nitrogens with two attached hydrogens (primary N) is 1. The van der Waals surface area contributed by atoms with E-state index in [4.69, 9.17) is 5.73 Å². The summed E-state index contributed by atoms with van der Waals surface area (Å²) < 4.78 is 0. The molecule has 1 amide bonds. The lowest BCUT2D eigenvalue weighted by molar-refractivity contribution is -0.136. The Kier molecular flexibility index (Phi) is 5.47. The van der Waals surface area contributed by atoms with E-state index in [2.05, 4.69) is 16.3 Å². The second-order valence-electron chi connectivity index (χ2n) is 5.66. The van der Waals surface area contributed by atoms with Gasteiger partial charge in [0.2, 0.25) is 5.91 Å². The number of carbonyl (C=O) groups excluding carboxylic acids is 1. The van der Waals surface area contributed by atoms with Crippen molar-refractivity contribution in [3.8, 4) is 0 Å². The normalized spacial score (nSPS) is 25.8. The topological polar surface area (TPSA) is 46.3 Å². The summed E-state index contributed by atoms with van der Waals surface area (Å²) in [7, 11) is 0. The first kappa shape index (κ1) is 15.8. The van der Waals surface area contributed by atoms with Crippen LogP contribution in [0.3, 0.4) is 0 Å². The molecule has 2 atom stereocenters. The van der Waals surface area contributed by atoms with Crippen LogP contribution in [0.5, 0.6) is 0 Å². The molecule has 1 saturated heterocycles. The number of carbonyl (C=O) groups is 1. The maximum atomic E-state index is 12.9. The second kappa shape index (κ2) is 6.92. The van der Waals surface area contributed by atoms with Crippen LogP contribution in [-0.4, -0.2) is 29.9 Å². The lowest BCUT2D eigenvalue weighted by Crippen LogP contribution is -2.49. The summed E-state index contributed by atoms with van der Waals surface area (Å²) in [6, 6.07) is 2.42. The summed E-state index contributed by atoms with van der Waals surface area (Å²) in [5.41, 5.74) is 7.14. The molecule has 0 spiro atoms. The zero-order valence-corrected chi connectivity index (χ0v) is 13.3. The van der Waals surface area contributed by atoms with Crippen LogP contribution in [0, 0.1) is 0 Å². The highest BCUT2D eigenvalue weighted by Gasteiger charge is 2.34. The van der Waals surface area contributed by atoms with Gasteiger partial charge in [0.1, 0.15) is 0 Å². The van der Waals surface area contributed by atoms with Crippen molar-refractivity contribution in [2.45, 2.75) is 50.5 Å². The average Bonchev–Trinajstić information content (AvgIpc) is 2.94. The molecule has 1 aromatic heterocycles. The summed E-state index contributed by atoms with van der Waals surface area (Å²) >= 11 is 1.80. The van der Waals surface area contributed by atoms with Crippen LogP contribution in [-0.2, 0) is 11.2 Å². The van der Waals surface area contributed by atoms with Gasteiger partial charge in [0.25, 0.3) is 0 Å². The van der Waals surface area contributed by atoms with Crippen LogP contribution in [0.15, 0.2) is 11.4 Å². The minimum Gasteiger partial charge on any atom is -0.338 e. The predicted octanol–water partition coefficient (Wildman–Crippen LogP) is 2.93. The number of nitrogens with zero attached hydrogens (tertiary/aromatic N) is 1. The van der Waals surface area contributed by atoms with Crippen molar-refractivity contribution in [3.63, 3.8) is 0 Å². The number of halogens is 1. The van der Waals surface area contributed by atoms with Crippen LogP contribution in [0.4, 0.5) is 0 Å². The molecule has 20 heavy (non-hydrogen) atoms. The molecule has 0 bridgehead atoms. The molecule has 2 unspecified atom stereocenters. The third kappa shape index (κ3) is 2.87. The van der Waals surface area contributed by atoms with Gasteiger partial charge in [0.15, 0.2) is 0 Å². The second-order valence-corrected chi connectivity index (χ2v) is 6.66. The Morgan fingerprint density at radius 3 is 3.00 bits per heavy atom. The van der Waals surface area contributed by atoms with Crippen molar-refractivity contribution < 1.29 is 4.79 Å². The highest BCUT2D eigenvalue weighted by molar-refractivity contribution is 7.10. The highest BCUT2D eigenvalue weighted by Crippen LogP contribution is 2.37. The molecule has 0 radical (unpaired) electrons. The number of likely N-dealkylation sites (tertiary alicyclic amines) is 1. The number of piperidine rings is 1. The molecule has 2 heterocycles. The zero-order valence-electron chi connectivity index (χ0n) is 11.7. The van der Waals surface area contributed by atoms with E-state index < -0.39 is 0 Å². The molecular formula is C15H23ClN2OS. The van der Waals surface area contributed by atoms with Gasteiger partial charge in [-0.1, -0.05) is 0 Å². The largest absolute Gasteiger partial charge is 0.338 e. The number of fused-ring (bicyclic) bond motifs is 1. The lowest BCUT2D eigenvalue weighted by Gasteiger charge is -2.38. The molecule has 1 aliphatic carbocycles. The van der Waals surface area contributed by atoms with Gasteiger partial charge in [-0.15, -0.1) is 23.7 Å². The minimum absolute atomic E-state index is 0. The van der Waals surface area contributed by atoms with E-state index in [0.29, 0.717) is 12.5 Å². The smallest absolute Gasteiger partial charge is 0.230 e. The first-order chi connectivity index (χ1) is 9.31. The Hall–Kier alpha value is -0.580. The van der Waals surface area contributed by atoms with Gasteiger partial charge >= 0.3 is 0 Å². The number of aryl methyl sites for hydroxylation is 1. The number of amides is 1. The van der Waals surface area contributed by atoms with Gasteiger partial charge in [0.05, 0.1) is 5.92 Å². The highest BCUT2D eigenvalue weighted by atomic mass is 35.5. The first-order valence-electron chi connectivity index (χ1n) is 7.38. The van der Waals surface area contributed by atoms with E-state index in [9.17, 15) is 4.79 Å².